The van der Waals surface area contributed by atoms with E-state index in [1.54, 1.807) is 6.92 Å². The number of aryl methyl sites for hydroxylation is 1. The smallest absolute Gasteiger partial charge is 0.340 e. The molecule has 0 spiro atoms. The van der Waals surface area contributed by atoms with E-state index in [1.165, 1.54) is 18.2 Å². The number of hydrogen-bond donors (Lipinski definition) is 3. The van der Waals surface area contributed by atoms with Gasteiger partial charge < -0.3 is 16.2 Å². The summed E-state index contributed by atoms with van der Waals surface area (Å²) in [5.41, 5.74) is 6.53. The van der Waals surface area contributed by atoms with Gasteiger partial charge in [-0.25, -0.2) is 4.79 Å². The standard InChI is InChI=1S/C12H10ClN3O3S/c1-5-9(12(18)19)11(20-16-5)15-10(17)6-2-3-7(13)8(14)4-6/h2-4H,14H2,1H3,(H,15,17)(H,18,19). The van der Waals surface area contributed by atoms with Crippen LogP contribution in [-0.2, 0) is 0 Å². The van der Waals surface area contributed by atoms with Crippen molar-refractivity contribution in [3.05, 3.63) is 40.0 Å². The Kier molecular flexibility index (Phi) is 3.91. The minimum absolute atomic E-state index is 0.00899. The van der Waals surface area contributed by atoms with Gasteiger partial charge in [0.05, 0.1) is 16.4 Å². The van der Waals surface area contributed by atoms with E-state index < -0.39 is 11.9 Å². The lowest BCUT2D eigenvalue weighted by atomic mass is 10.2. The molecule has 20 heavy (non-hydrogen) atoms. The fraction of sp³-hybridized carbons (Fsp3) is 0.0833. The number of benzene rings is 1. The Morgan fingerprint density at radius 3 is 2.75 bits per heavy atom. The van der Waals surface area contributed by atoms with Gasteiger partial charge in [0.25, 0.3) is 5.91 Å². The molecule has 4 N–H and O–H groups in total. The highest BCUT2D eigenvalue weighted by Crippen LogP contribution is 2.26. The first kappa shape index (κ1) is 14.3. The van der Waals surface area contributed by atoms with Crippen molar-refractivity contribution in [1.82, 2.24) is 4.37 Å². The number of nitrogens with two attached hydrogens (primary N) is 1. The Hall–Kier alpha value is -2.12. The molecule has 0 saturated carbocycles. The molecule has 1 amide bonds. The molecule has 0 aliphatic heterocycles. The highest BCUT2D eigenvalue weighted by Gasteiger charge is 2.19. The first-order chi connectivity index (χ1) is 9.40. The monoisotopic (exact) mass is 311 g/mol. The number of hydrogen-bond acceptors (Lipinski definition) is 5. The number of anilines is 2. The predicted octanol–water partition coefficient (Wildman–Crippen LogP) is 2.64. The zero-order valence-corrected chi connectivity index (χ0v) is 11.9. The average Bonchev–Trinajstić information content (AvgIpc) is 2.73. The Bertz CT molecular complexity index is 699. The molecule has 0 bridgehead atoms. The summed E-state index contributed by atoms with van der Waals surface area (Å²) < 4.78 is 3.92. The Morgan fingerprint density at radius 1 is 1.45 bits per heavy atom. The van der Waals surface area contributed by atoms with Gasteiger partial charge in [-0.2, -0.15) is 4.37 Å². The number of rotatable bonds is 3. The van der Waals surface area contributed by atoms with E-state index in [9.17, 15) is 9.59 Å². The van der Waals surface area contributed by atoms with E-state index in [4.69, 9.17) is 22.4 Å². The van der Waals surface area contributed by atoms with E-state index in [1.807, 2.05) is 0 Å². The van der Waals surface area contributed by atoms with Crippen molar-refractivity contribution < 1.29 is 14.7 Å². The molecule has 2 aromatic rings. The maximum Gasteiger partial charge on any atom is 0.340 e. The molecular weight excluding hydrogens is 302 g/mol. The predicted molar refractivity (Wildman–Crippen MR) is 77.6 cm³/mol. The van der Waals surface area contributed by atoms with Gasteiger partial charge in [-0.3, -0.25) is 4.79 Å². The van der Waals surface area contributed by atoms with Crippen molar-refractivity contribution in [3.63, 3.8) is 0 Å². The SMILES string of the molecule is Cc1nsc(NC(=O)c2ccc(Cl)c(N)c2)c1C(=O)O. The number of carbonyl (C=O) groups is 2. The average molecular weight is 312 g/mol. The molecule has 1 aromatic heterocycles. The normalized spacial score (nSPS) is 10.3. The number of nitrogens with one attached hydrogen (secondary N) is 1. The molecule has 0 unspecified atom stereocenters. The number of aromatic nitrogens is 1. The maximum absolute atomic E-state index is 12.0. The van der Waals surface area contributed by atoms with Gasteiger partial charge in [0.15, 0.2) is 0 Å². The highest BCUT2D eigenvalue weighted by atomic mass is 35.5. The zero-order valence-electron chi connectivity index (χ0n) is 10.3. The quantitative estimate of drug-likeness (QED) is 0.756. The molecule has 6 nitrogen and oxygen atoms in total. The van der Waals surface area contributed by atoms with Crippen molar-refractivity contribution in [2.24, 2.45) is 0 Å². The molecule has 104 valence electrons. The van der Waals surface area contributed by atoms with Crippen molar-refractivity contribution in [2.75, 3.05) is 11.1 Å². The van der Waals surface area contributed by atoms with Gasteiger partial charge in [-0.05, 0) is 36.7 Å². The van der Waals surface area contributed by atoms with Crippen molar-refractivity contribution >= 4 is 45.7 Å². The molecule has 8 heteroatoms. The number of amides is 1. The van der Waals surface area contributed by atoms with Crippen LogP contribution in [0.1, 0.15) is 26.4 Å². The summed E-state index contributed by atoms with van der Waals surface area (Å²) in [6.07, 6.45) is 0. The summed E-state index contributed by atoms with van der Waals surface area (Å²) in [7, 11) is 0. The lowest BCUT2D eigenvalue weighted by Crippen LogP contribution is -2.13. The molecule has 0 saturated heterocycles. The summed E-state index contributed by atoms with van der Waals surface area (Å²) in [5, 5.41) is 12.1. The minimum Gasteiger partial charge on any atom is -0.478 e. The van der Waals surface area contributed by atoms with Crippen LogP contribution in [0.5, 0.6) is 0 Å². The molecule has 0 radical (unpaired) electrons. The van der Waals surface area contributed by atoms with Gasteiger partial charge in [0.1, 0.15) is 10.6 Å². The van der Waals surface area contributed by atoms with Gasteiger partial charge in [0, 0.05) is 5.56 Å². The van der Waals surface area contributed by atoms with E-state index >= 15 is 0 Å². The molecule has 0 atom stereocenters. The van der Waals surface area contributed by atoms with Crippen LogP contribution >= 0.6 is 23.1 Å². The third-order valence-electron chi connectivity index (χ3n) is 2.56. The van der Waals surface area contributed by atoms with Crippen LogP contribution in [0.3, 0.4) is 0 Å². The largest absolute Gasteiger partial charge is 0.478 e. The van der Waals surface area contributed by atoms with Crippen LogP contribution in [0.2, 0.25) is 5.02 Å². The minimum atomic E-state index is -1.14. The van der Waals surface area contributed by atoms with Crippen LogP contribution < -0.4 is 11.1 Å². The second-order valence-corrected chi connectivity index (χ2v) is 5.15. The maximum atomic E-state index is 12.0. The number of carboxylic acids is 1. The molecule has 1 aromatic carbocycles. The number of nitrogens with zero attached hydrogens (tertiary/aromatic N) is 1. The number of carbonyl (C=O) groups excluding carboxylic acids is 1. The first-order valence-corrected chi connectivity index (χ1v) is 6.61. The number of carboxylic acid groups (broad SMARTS) is 1. The zero-order chi connectivity index (χ0) is 14.9. The Labute approximate surface area is 123 Å². The third-order valence-corrected chi connectivity index (χ3v) is 3.76. The van der Waals surface area contributed by atoms with Crippen LogP contribution in [-0.4, -0.2) is 21.4 Å². The molecule has 0 aliphatic carbocycles. The Morgan fingerprint density at radius 2 is 2.15 bits per heavy atom. The van der Waals surface area contributed by atoms with Gasteiger partial charge in [-0.15, -0.1) is 0 Å². The lowest BCUT2D eigenvalue weighted by Gasteiger charge is -2.05. The highest BCUT2D eigenvalue weighted by molar-refractivity contribution is 7.11. The number of nitrogen functional groups attached to an aromatic ring is 1. The van der Waals surface area contributed by atoms with Crippen LogP contribution in [0, 0.1) is 6.92 Å². The summed E-state index contributed by atoms with van der Waals surface area (Å²) in [4.78, 5) is 23.1. The second-order valence-electron chi connectivity index (χ2n) is 3.97. The van der Waals surface area contributed by atoms with E-state index in [0.717, 1.165) is 11.5 Å². The molecule has 1 heterocycles. The van der Waals surface area contributed by atoms with Crippen molar-refractivity contribution in [1.29, 1.82) is 0 Å². The summed E-state index contributed by atoms with van der Waals surface area (Å²) in [6.45, 7) is 1.57. The fourth-order valence-electron chi connectivity index (χ4n) is 1.57. The summed E-state index contributed by atoms with van der Waals surface area (Å²) >= 11 is 6.69. The molecule has 0 aliphatic rings. The molecule has 0 fully saturated rings. The first-order valence-electron chi connectivity index (χ1n) is 5.46. The second kappa shape index (κ2) is 5.48. The van der Waals surface area contributed by atoms with Gasteiger partial charge in [-0.1, -0.05) is 11.6 Å². The van der Waals surface area contributed by atoms with E-state index in [2.05, 4.69) is 9.69 Å². The van der Waals surface area contributed by atoms with Crippen molar-refractivity contribution in [3.8, 4) is 0 Å². The van der Waals surface area contributed by atoms with Crippen LogP contribution in [0.15, 0.2) is 18.2 Å². The van der Waals surface area contributed by atoms with E-state index in [-0.39, 0.29) is 21.8 Å². The number of halogens is 1. The van der Waals surface area contributed by atoms with Crippen molar-refractivity contribution in [2.45, 2.75) is 6.92 Å². The summed E-state index contributed by atoms with van der Waals surface area (Å²) in [5.74, 6) is -1.61. The molecular formula is C12H10ClN3O3S. The van der Waals surface area contributed by atoms with Crippen LogP contribution in [0.4, 0.5) is 10.7 Å². The summed E-state index contributed by atoms with van der Waals surface area (Å²) in [6, 6.07) is 4.43. The third kappa shape index (κ3) is 2.73. The molecule has 2 rings (SSSR count). The van der Waals surface area contributed by atoms with E-state index in [0.29, 0.717) is 10.7 Å². The van der Waals surface area contributed by atoms with Gasteiger partial charge in [0.2, 0.25) is 0 Å². The van der Waals surface area contributed by atoms with Gasteiger partial charge >= 0.3 is 5.97 Å². The lowest BCUT2D eigenvalue weighted by molar-refractivity contribution is 0.0697. The number of aromatic carboxylic acids is 1. The Balaban J connectivity index is 2.28. The van der Waals surface area contributed by atoms with Crippen LogP contribution in [0.25, 0.3) is 0 Å². The topological polar surface area (TPSA) is 105 Å². The fourth-order valence-corrected chi connectivity index (χ4v) is 2.47.